The number of carbonyl (C=O) groups excluding carboxylic acids is 1. The molecule has 0 aliphatic heterocycles. The Balaban J connectivity index is 1.41. The number of rotatable bonds is 7. The van der Waals surface area contributed by atoms with Gasteiger partial charge in [-0.2, -0.15) is 0 Å². The molecule has 0 bridgehead atoms. The van der Waals surface area contributed by atoms with E-state index in [1.807, 2.05) is 59.3 Å². The van der Waals surface area contributed by atoms with Gasteiger partial charge in [0.05, 0.1) is 5.56 Å². The molecule has 0 atom stereocenters. The summed E-state index contributed by atoms with van der Waals surface area (Å²) >= 11 is 5.92. The van der Waals surface area contributed by atoms with Crippen molar-refractivity contribution >= 4 is 17.5 Å². The average molecular weight is 419 g/mol. The number of hydrogen-bond donors (Lipinski definition) is 1. The van der Waals surface area contributed by atoms with Crippen LogP contribution < -0.4 is 10.1 Å². The number of hydrogen-bond acceptors (Lipinski definition) is 4. The minimum atomic E-state index is -0.206. The lowest BCUT2D eigenvalue weighted by Gasteiger charge is -2.12. The van der Waals surface area contributed by atoms with Crippen molar-refractivity contribution < 1.29 is 9.53 Å². The second-order valence-corrected chi connectivity index (χ2v) is 7.02. The fraction of sp³-hybridized carbons (Fsp3) is 0.0870. The molecule has 0 aliphatic rings. The second kappa shape index (κ2) is 9.24. The summed E-state index contributed by atoms with van der Waals surface area (Å²) in [6.07, 6.45) is 6.90. The Labute approximate surface area is 179 Å². The standard InChI is InChI=1S/C23H19ClN4O2/c24-19-7-5-17(6-8-19)15-30-21-4-2-1-3-20(21)23(29)27-14-18-9-10-26-22(13-18)28-12-11-25-16-28/h1-13,16H,14-15H2,(H,27,29). The van der Waals surface area contributed by atoms with E-state index < -0.39 is 0 Å². The Hall–Kier alpha value is -3.64. The number of nitrogens with one attached hydrogen (secondary N) is 1. The van der Waals surface area contributed by atoms with Crippen molar-refractivity contribution in [3.8, 4) is 11.6 Å². The SMILES string of the molecule is O=C(NCc1ccnc(-n2ccnc2)c1)c1ccccc1OCc1ccc(Cl)cc1. The summed E-state index contributed by atoms with van der Waals surface area (Å²) in [6.45, 7) is 0.717. The first-order chi connectivity index (χ1) is 14.7. The number of ether oxygens (including phenoxy) is 1. The highest BCUT2D eigenvalue weighted by Crippen LogP contribution is 2.20. The Kier molecular flexibility index (Phi) is 6.06. The van der Waals surface area contributed by atoms with Gasteiger partial charge in [-0.05, 0) is 47.5 Å². The summed E-state index contributed by atoms with van der Waals surface area (Å²) in [7, 11) is 0. The van der Waals surface area contributed by atoms with E-state index in [4.69, 9.17) is 16.3 Å². The van der Waals surface area contributed by atoms with E-state index >= 15 is 0 Å². The largest absolute Gasteiger partial charge is 0.488 e. The maximum absolute atomic E-state index is 12.8. The van der Waals surface area contributed by atoms with Crippen LogP contribution in [0.15, 0.2) is 85.6 Å². The van der Waals surface area contributed by atoms with Crippen molar-refractivity contribution in [3.05, 3.63) is 107 Å². The molecule has 0 radical (unpaired) electrons. The first-order valence-corrected chi connectivity index (χ1v) is 9.74. The van der Waals surface area contributed by atoms with Crippen LogP contribution in [0.3, 0.4) is 0 Å². The van der Waals surface area contributed by atoms with Crippen LogP contribution in [-0.4, -0.2) is 20.4 Å². The van der Waals surface area contributed by atoms with Crippen molar-refractivity contribution in [1.29, 1.82) is 0 Å². The second-order valence-electron chi connectivity index (χ2n) is 6.59. The van der Waals surface area contributed by atoms with Crippen molar-refractivity contribution in [3.63, 3.8) is 0 Å². The monoisotopic (exact) mass is 418 g/mol. The molecule has 0 saturated carbocycles. The van der Waals surface area contributed by atoms with Crippen molar-refractivity contribution in [2.75, 3.05) is 0 Å². The summed E-state index contributed by atoms with van der Waals surface area (Å²) in [6, 6.07) is 18.4. The predicted octanol–water partition coefficient (Wildman–Crippen LogP) is 4.43. The maximum Gasteiger partial charge on any atom is 0.255 e. The number of pyridine rings is 1. The van der Waals surface area contributed by atoms with Gasteiger partial charge >= 0.3 is 0 Å². The molecule has 7 heteroatoms. The van der Waals surface area contributed by atoms with Crippen LogP contribution in [0.5, 0.6) is 5.75 Å². The van der Waals surface area contributed by atoms with Gasteiger partial charge in [-0.25, -0.2) is 9.97 Å². The molecule has 1 N–H and O–H groups in total. The summed E-state index contributed by atoms with van der Waals surface area (Å²) in [5.74, 6) is 1.06. The van der Waals surface area contributed by atoms with Crippen LogP contribution in [0, 0.1) is 0 Å². The van der Waals surface area contributed by atoms with Gasteiger partial charge in [0.2, 0.25) is 0 Å². The fourth-order valence-corrected chi connectivity index (χ4v) is 3.03. The van der Waals surface area contributed by atoms with Crippen LogP contribution in [-0.2, 0) is 13.2 Å². The molecular weight excluding hydrogens is 400 g/mol. The molecule has 0 unspecified atom stereocenters. The molecule has 2 heterocycles. The van der Waals surface area contributed by atoms with E-state index in [9.17, 15) is 4.79 Å². The summed E-state index contributed by atoms with van der Waals surface area (Å²) in [4.78, 5) is 21.1. The zero-order valence-electron chi connectivity index (χ0n) is 16.0. The van der Waals surface area contributed by atoms with E-state index in [-0.39, 0.29) is 5.91 Å². The lowest BCUT2D eigenvalue weighted by atomic mass is 10.1. The number of amides is 1. The highest BCUT2D eigenvalue weighted by Gasteiger charge is 2.12. The Morgan fingerprint density at radius 2 is 1.87 bits per heavy atom. The molecule has 0 spiro atoms. The molecule has 4 rings (SSSR count). The van der Waals surface area contributed by atoms with E-state index in [0.717, 1.165) is 16.9 Å². The van der Waals surface area contributed by atoms with Gasteiger partial charge in [0.1, 0.15) is 24.5 Å². The molecule has 30 heavy (non-hydrogen) atoms. The van der Waals surface area contributed by atoms with Gasteiger partial charge in [0.15, 0.2) is 0 Å². The molecule has 150 valence electrons. The lowest BCUT2D eigenvalue weighted by Crippen LogP contribution is -2.23. The molecule has 2 aromatic carbocycles. The van der Waals surface area contributed by atoms with Gasteiger partial charge in [-0.1, -0.05) is 35.9 Å². The first kappa shape index (κ1) is 19.7. The van der Waals surface area contributed by atoms with Gasteiger partial charge in [0, 0.05) is 30.2 Å². The lowest BCUT2D eigenvalue weighted by molar-refractivity contribution is 0.0946. The molecule has 0 saturated heterocycles. The molecule has 1 amide bonds. The minimum absolute atomic E-state index is 0.206. The zero-order chi connectivity index (χ0) is 20.8. The summed E-state index contributed by atoms with van der Waals surface area (Å²) in [5.41, 5.74) is 2.38. The van der Waals surface area contributed by atoms with Crippen molar-refractivity contribution in [2.24, 2.45) is 0 Å². The molecule has 0 fully saturated rings. The highest BCUT2D eigenvalue weighted by atomic mass is 35.5. The topological polar surface area (TPSA) is 69.0 Å². The maximum atomic E-state index is 12.8. The predicted molar refractivity (Wildman–Crippen MR) is 115 cm³/mol. The van der Waals surface area contributed by atoms with Gasteiger partial charge in [0.25, 0.3) is 5.91 Å². The number of imidazole rings is 1. The number of nitrogens with zero attached hydrogens (tertiary/aromatic N) is 3. The molecule has 2 aromatic heterocycles. The van der Waals surface area contributed by atoms with E-state index in [1.165, 1.54) is 0 Å². The summed E-state index contributed by atoms with van der Waals surface area (Å²) < 4.78 is 7.69. The Bertz CT molecular complexity index is 1130. The number of para-hydroxylation sites is 1. The Morgan fingerprint density at radius 1 is 1.03 bits per heavy atom. The normalized spacial score (nSPS) is 10.6. The molecule has 4 aromatic rings. The minimum Gasteiger partial charge on any atom is -0.488 e. The smallest absolute Gasteiger partial charge is 0.255 e. The van der Waals surface area contributed by atoms with Gasteiger partial charge < -0.3 is 10.1 Å². The van der Waals surface area contributed by atoms with E-state index in [1.54, 1.807) is 30.9 Å². The van der Waals surface area contributed by atoms with Crippen molar-refractivity contribution in [1.82, 2.24) is 19.9 Å². The number of carbonyl (C=O) groups is 1. The highest BCUT2D eigenvalue weighted by molar-refractivity contribution is 6.30. The van der Waals surface area contributed by atoms with E-state index in [0.29, 0.717) is 29.5 Å². The van der Waals surface area contributed by atoms with Gasteiger partial charge in [-0.15, -0.1) is 0 Å². The molecule has 6 nitrogen and oxygen atoms in total. The van der Waals surface area contributed by atoms with Crippen LogP contribution in [0.1, 0.15) is 21.5 Å². The quantitative estimate of drug-likeness (QED) is 0.482. The Morgan fingerprint density at radius 3 is 2.67 bits per heavy atom. The number of halogens is 1. The van der Waals surface area contributed by atoms with Crippen LogP contribution in [0.25, 0.3) is 5.82 Å². The molecular formula is C23H19ClN4O2. The number of aromatic nitrogens is 3. The first-order valence-electron chi connectivity index (χ1n) is 9.37. The summed E-state index contributed by atoms with van der Waals surface area (Å²) in [5, 5.41) is 3.62. The molecule has 0 aliphatic carbocycles. The third-order valence-electron chi connectivity index (χ3n) is 4.47. The third-order valence-corrected chi connectivity index (χ3v) is 4.72. The third kappa shape index (κ3) is 4.85. The van der Waals surface area contributed by atoms with Crippen molar-refractivity contribution in [2.45, 2.75) is 13.2 Å². The average Bonchev–Trinajstić information content (AvgIpc) is 3.33. The number of benzene rings is 2. The fourth-order valence-electron chi connectivity index (χ4n) is 2.91. The van der Waals surface area contributed by atoms with Gasteiger partial charge in [-0.3, -0.25) is 9.36 Å². The zero-order valence-corrected chi connectivity index (χ0v) is 16.8. The van der Waals surface area contributed by atoms with E-state index in [2.05, 4.69) is 15.3 Å². The van der Waals surface area contributed by atoms with Crippen LogP contribution in [0.2, 0.25) is 5.02 Å². The van der Waals surface area contributed by atoms with Crippen LogP contribution in [0.4, 0.5) is 0 Å². The van der Waals surface area contributed by atoms with Crippen LogP contribution >= 0.6 is 11.6 Å².